The molecule has 9 nitrogen and oxygen atoms in total. The van der Waals surface area contributed by atoms with E-state index in [1.165, 1.54) is 22.6 Å². The van der Waals surface area contributed by atoms with Gasteiger partial charge in [-0.1, -0.05) is 42.8 Å². The Morgan fingerprint density at radius 2 is 1.86 bits per heavy atom. The zero-order valence-corrected chi connectivity index (χ0v) is 24.6. The van der Waals surface area contributed by atoms with Crippen LogP contribution >= 0.6 is 0 Å². The quantitative estimate of drug-likeness (QED) is 0.174. The fraction of sp³-hybridized carbons (Fsp3) is 0.353. The second kappa shape index (κ2) is 13.0. The number of para-hydroxylation sites is 1. The van der Waals surface area contributed by atoms with E-state index in [4.69, 9.17) is 13.9 Å². The van der Waals surface area contributed by atoms with Crippen LogP contribution in [0.3, 0.4) is 0 Å². The summed E-state index contributed by atoms with van der Waals surface area (Å²) in [6.07, 6.45) is 4.45. The van der Waals surface area contributed by atoms with Crippen LogP contribution in [-0.4, -0.2) is 53.4 Å². The van der Waals surface area contributed by atoms with Crippen molar-refractivity contribution in [2.75, 3.05) is 18.1 Å². The summed E-state index contributed by atoms with van der Waals surface area (Å²) in [4.78, 5) is 29.0. The number of carbonyl (C=O) groups is 2. The average molecular weight is 597 g/mol. The SMILES string of the molecule is CC/C(=C\c1ccc(CO)o1)CC[C@H]1OC[C@H]2C1=C(COc1ccccc1)C[C@H]1C(=O)N(c3cccc(B(O)O)c3)C(=O)[C@H]12. The van der Waals surface area contributed by atoms with Crippen LogP contribution in [0.2, 0.25) is 0 Å². The molecule has 0 spiro atoms. The lowest BCUT2D eigenvalue weighted by atomic mass is 9.69. The highest BCUT2D eigenvalue weighted by molar-refractivity contribution is 6.58. The number of furan rings is 1. The van der Waals surface area contributed by atoms with Gasteiger partial charge in [0.25, 0.3) is 0 Å². The van der Waals surface area contributed by atoms with Crippen molar-refractivity contribution in [1.29, 1.82) is 0 Å². The maximum atomic E-state index is 13.9. The number of allylic oxidation sites excluding steroid dienone is 1. The monoisotopic (exact) mass is 597 g/mol. The highest BCUT2D eigenvalue weighted by Gasteiger charge is 2.57. The molecule has 0 radical (unpaired) electrons. The molecule has 2 fully saturated rings. The number of nitrogens with zero attached hydrogens (tertiary/aromatic N) is 1. The van der Waals surface area contributed by atoms with Gasteiger partial charge in [0.15, 0.2) is 0 Å². The molecule has 3 aliphatic rings. The van der Waals surface area contributed by atoms with Crippen molar-refractivity contribution in [3.05, 3.63) is 95.0 Å². The van der Waals surface area contributed by atoms with Gasteiger partial charge in [-0.05, 0) is 84.8 Å². The van der Waals surface area contributed by atoms with Crippen molar-refractivity contribution < 1.29 is 38.6 Å². The van der Waals surface area contributed by atoms with Gasteiger partial charge >= 0.3 is 7.12 Å². The van der Waals surface area contributed by atoms with E-state index >= 15 is 0 Å². The third-order valence-electron chi connectivity index (χ3n) is 8.96. The smallest absolute Gasteiger partial charge is 0.488 e. The maximum Gasteiger partial charge on any atom is 0.488 e. The number of anilines is 1. The van der Waals surface area contributed by atoms with E-state index in [1.54, 1.807) is 18.2 Å². The molecule has 4 atom stereocenters. The first-order chi connectivity index (χ1) is 21.4. The Morgan fingerprint density at radius 3 is 2.59 bits per heavy atom. The average Bonchev–Trinajstić information content (AvgIpc) is 3.74. The predicted octanol–water partition coefficient (Wildman–Crippen LogP) is 3.63. The first kappa shape index (κ1) is 30.1. The minimum Gasteiger partial charge on any atom is -0.489 e. The number of fused-ring (bicyclic) bond motifs is 3. The molecule has 0 bridgehead atoms. The maximum absolute atomic E-state index is 13.9. The van der Waals surface area contributed by atoms with Crippen molar-refractivity contribution >= 4 is 36.2 Å². The summed E-state index contributed by atoms with van der Waals surface area (Å²) >= 11 is 0. The number of carbonyl (C=O) groups excluding carboxylic acids is 2. The van der Waals surface area contributed by atoms with Gasteiger partial charge in [-0.3, -0.25) is 14.5 Å². The third kappa shape index (κ3) is 5.90. The van der Waals surface area contributed by atoms with Gasteiger partial charge < -0.3 is 29.0 Å². The predicted molar refractivity (Wildman–Crippen MR) is 165 cm³/mol. The molecule has 2 aromatic carbocycles. The summed E-state index contributed by atoms with van der Waals surface area (Å²) < 4.78 is 18.2. The van der Waals surface area contributed by atoms with Crippen LogP contribution in [0.25, 0.3) is 6.08 Å². The highest BCUT2D eigenvalue weighted by atomic mass is 16.5. The van der Waals surface area contributed by atoms with Gasteiger partial charge in [0, 0.05) is 5.92 Å². The van der Waals surface area contributed by atoms with E-state index in [1.807, 2.05) is 42.5 Å². The Kier molecular flexibility index (Phi) is 8.86. The zero-order valence-electron chi connectivity index (χ0n) is 24.6. The van der Waals surface area contributed by atoms with Crippen LogP contribution in [0.5, 0.6) is 5.75 Å². The molecule has 1 aliphatic carbocycles. The van der Waals surface area contributed by atoms with Gasteiger partial charge in [0.05, 0.1) is 30.2 Å². The summed E-state index contributed by atoms with van der Waals surface area (Å²) in [6, 6.07) is 19.4. The molecule has 6 rings (SSSR count). The fourth-order valence-electron chi connectivity index (χ4n) is 6.80. The van der Waals surface area contributed by atoms with Crippen LogP contribution < -0.4 is 15.1 Å². The normalized spacial score (nSPS) is 23.3. The first-order valence-electron chi connectivity index (χ1n) is 15.1. The van der Waals surface area contributed by atoms with Crippen LogP contribution in [0, 0.1) is 17.8 Å². The Balaban J connectivity index is 1.28. The Hall–Kier alpha value is -3.96. The molecular weight excluding hydrogens is 561 g/mol. The Bertz CT molecular complexity index is 1580. The molecule has 1 aromatic heterocycles. The molecular formula is C34H36BNO8. The van der Waals surface area contributed by atoms with E-state index in [0.717, 1.165) is 29.7 Å². The van der Waals surface area contributed by atoms with Gasteiger partial charge in [-0.15, -0.1) is 0 Å². The van der Waals surface area contributed by atoms with Crippen molar-refractivity contribution in [3.63, 3.8) is 0 Å². The number of rotatable bonds is 11. The van der Waals surface area contributed by atoms with Crippen LogP contribution in [0.4, 0.5) is 5.69 Å². The molecule has 3 aromatic rings. The second-order valence-electron chi connectivity index (χ2n) is 11.6. The number of hydrogen-bond acceptors (Lipinski definition) is 8. The van der Waals surface area contributed by atoms with Crippen LogP contribution in [0.1, 0.15) is 44.1 Å². The van der Waals surface area contributed by atoms with E-state index < -0.39 is 19.0 Å². The standard InChI is InChI=1S/C34H36BNO8/c1-2-21(15-26-12-13-27(18-37)44-26)11-14-30-31-22(19-42-25-9-4-3-5-10-25)16-28-32(29(31)20-43-30)34(39)36(33(28)38)24-8-6-7-23(17-24)35(40)41/h3-10,12-13,15,17,28-30,32,37,40-41H,2,11,14,16,18-20H2,1H3/b21-15+/t28-,29+,30-,32-/m1/s1. The van der Waals surface area contributed by atoms with E-state index in [9.17, 15) is 24.7 Å². The van der Waals surface area contributed by atoms with E-state index in [-0.39, 0.29) is 35.9 Å². The molecule has 3 N–H and O–H groups in total. The lowest BCUT2D eigenvalue weighted by molar-refractivity contribution is -0.122. The molecule has 0 unspecified atom stereocenters. The third-order valence-corrected chi connectivity index (χ3v) is 8.96. The van der Waals surface area contributed by atoms with Crippen molar-refractivity contribution in [3.8, 4) is 5.75 Å². The number of amides is 2. The lowest BCUT2D eigenvalue weighted by Crippen LogP contribution is -2.36. The molecule has 3 heterocycles. The topological polar surface area (TPSA) is 130 Å². The largest absolute Gasteiger partial charge is 0.489 e. The minimum atomic E-state index is -1.71. The first-order valence-corrected chi connectivity index (χ1v) is 15.1. The fourth-order valence-corrected chi connectivity index (χ4v) is 6.80. The molecule has 228 valence electrons. The Labute approximate surface area is 256 Å². The molecule has 2 aliphatic heterocycles. The number of aliphatic hydroxyl groups excluding tert-OH is 1. The number of aliphatic hydroxyl groups is 1. The highest BCUT2D eigenvalue weighted by Crippen LogP contribution is 2.50. The molecule has 2 saturated heterocycles. The second-order valence-corrected chi connectivity index (χ2v) is 11.6. The summed E-state index contributed by atoms with van der Waals surface area (Å²) in [7, 11) is -1.71. The van der Waals surface area contributed by atoms with Crippen LogP contribution in [0.15, 0.2) is 87.9 Å². The van der Waals surface area contributed by atoms with Crippen molar-refractivity contribution in [1.82, 2.24) is 0 Å². The van der Waals surface area contributed by atoms with Crippen molar-refractivity contribution in [2.24, 2.45) is 17.8 Å². The molecule has 10 heteroatoms. The zero-order chi connectivity index (χ0) is 30.8. The van der Waals surface area contributed by atoms with Crippen molar-refractivity contribution in [2.45, 2.75) is 45.3 Å². The molecule has 44 heavy (non-hydrogen) atoms. The molecule has 0 saturated carbocycles. The number of ether oxygens (including phenoxy) is 2. The Morgan fingerprint density at radius 1 is 1.05 bits per heavy atom. The van der Waals surface area contributed by atoms with Gasteiger partial charge in [-0.25, -0.2) is 0 Å². The number of benzene rings is 2. The minimum absolute atomic E-state index is 0.149. The van der Waals surface area contributed by atoms with Gasteiger partial charge in [0.1, 0.15) is 30.5 Å². The number of imide groups is 1. The number of hydrogen-bond donors (Lipinski definition) is 3. The van der Waals surface area contributed by atoms with Crippen LogP contribution in [-0.2, 0) is 20.9 Å². The lowest BCUT2D eigenvalue weighted by Gasteiger charge is -2.31. The molecule has 2 amide bonds. The van der Waals surface area contributed by atoms with Gasteiger partial charge in [0.2, 0.25) is 11.8 Å². The van der Waals surface area contributed by atoms with Gasteiger partial charge in [-0.2, -0.15) is 0 Å². The van der Waals surface area contributed by atoms with E-state index in [0.29, 0.717) is 43.3 Å². The summed E-state index contributed by atoms with van der Waals surface area (Å²) in [5, 5.41) is 28.7. The van der Waals surface area contributed by atoms with E-state index in [2.05, 4.69) is 6.92 Å². The summed E-state index contributed by atoms with van der Waals surface area (Å²) in [5.41, 5.74) is 3.77. The summed E-state index contributed by atoms with van der Waals surface area (Å²) in [5.74, 6) is -0.0158. The summed E-state index contributed by atoms with van der Waals surface area (Å²) in [6.45, 7) is 2.57.